The maximum atomic E-state index is 5.39. The number of anilines is 2. The van der Waals surface area contributed by atoms with Crippen molar-refractivity contribution in [2.75, 3.05) is 50.5 Å². The number of aromatic nitrogens is 1. The third kappa shape index (κ3) is 5.47. The highest BCUT2D eigenvalue weighted by molar-refractivity contribution is 5.60. The van der Waals surface area contributed by atoms with Gasteiger partial charge in [-0.2, -0.15) is 0 Å². The molecule has 0 spiro atoms. The summed E-state index contributed by atoms with van der Waals surface area (Å²) in [5.74, 6) is 0.893. The summed E-state index contributed by atoms with van der Waals surface area (Å²) in [5, 5.41) is 7.67. The zero-order chi connectivity index (χ0) is 19.4. The van der Waals surface area contributed by atoms with E-state index < -0.39 is 0 Å². The molecule has 1 saturated heterocycles. The van der Waals surface area contributed by atoms with Crippen molar-refractivity contribution < 1.29 is 4.52 Å². The monoisotopic (exact) mass is 371 g/mol. The molecule has 148 valence electrons. The second kappa shape index (κ2) is 8.76. The van der Waals surface area contributed by atoms with Crippen LogP contribution in [0.4, 0.5) is 11.4 Å². The maximum Gasteiger partial charge on any atom is 0.151 e. The first-order chi connectivity index (χ1) is 12.9. The van der Waals surface area contributed by atoms with Gasteiger partial charge in [-0.1, -0.05) is 5.16 Å². The van der Waals surface area contributed by atoms with E-state index in [2.05, 4.69) is 64.1 Å². The Morgan fingerprint density at radius 3 is 2.52 bits per heavy atom. The van der Waals surface area contributed by atoms with Crippen molar-refractivity contribution in [1.29, 1.82) is 0 Å². The van der Waals surface area contributed by atoms with Crippen LogP contribution in [-0.2, 0) is 13.1 Å². The van der Waals surface area contributed by atoms with Gasteiger partial charge in [0.15, 0.2) is 5.76 Å². The predicted octanol–water partition coefficient (Wildman–Crippen LogP) is 3.19. The molecule has 0 saturated carbocycles. The third-order valence-electron chi connectivity index (χ3n) is 5.03. The molecule has 1 aliphatic rings. The Morgan fingerprint density at radius 1 is 1.11 bits per heavy atom. The number of hydrogen-bond donors (Lipinski definition) is 1. The van der Waals surface area contributed by atoms with E-state index in [1.807, 2.05) is 20.2 Å². The fourth-order valence-corrected chi connectivity index (χ4v) is 3.56. The molecule has 2 heterocycles. The van der Waals surface area contributed by atoms with Crippen molar-refractivity contribution in [2.24, 2.45) is 0 Å². The van der Waals surface area contributed by atoms with Crippen molar-refractivity contribution in [3.05, 3.63) is 41.3 Å². The van der Waals surface area contributed by atoms with Crippen LogP contribution in [0.2, 0.25) is 0 Å². The lowest BCUT2D eigenvalue weighted by molar-refractivity contribution is 0.209. The number of rotatable bonds is 7. The van der Waals surface area contributed by atoms with Crippen LogP contribution in [0.1, 0.15) is 30.9 Å². The van der Waals surface area contributed by atoms with Gasteiger partial charge in [0.1, 0.15) is 5.69 Å². The number of nitrogens with zero attached hydrogens (tertiary/aromatic N) is 4. The molecule has 0 radical (unpaired) electrons. The van der Waals surface area contributed by atoms with E-state index in [-0.39, 0.29) is 0 Å². The molecule has 0 amide bonds. The Balaban J connectivity index is 1.61. The highest BCUT2D eigenvalue weighted by Crippen LogP contribution is 2.24. The average molecular weight is 372 g/mol. The minimum Gasteiger partial charge on any atom is -0.379 e. The van der Waals surface area contributed by atoms with Crippen molar-refractivity contribution in [3.8, 4) is 0 Å². The van der Waals surface area contributed by atoms with Crippen LogP contribution >= 0.6 is 0 Å². The fourth-order valence-electron chi connectivity index (χ4n) is 3.56. The summed E-state index contributed by atoms with van der Waals surface area (Å²) >= 11 is 0. The summed E-state index contributed by atoms with van der Waals surface area (Å²) in [6.07, 6.45) is 0. The number of hydrogen-bond acceptors (Lipinski definition) is 6. The molecule has 6 heteroatoms. The van der Waals surface area contributed by atoms with Gasteiger partial charge in [-0.05, 0) is 58.6 Å². The minimum atomic E-state index is 0.627. The average Bonchev–Trinajstić information content (AvgIpc) is 3.06. The van der Waals surface area contributed by atoms with Crippen LogP contribution in [0.5, 0.6) is 0 Å². The molecule has 0 atom stereocenters. The molecule has 1 fully saturated rings. The van der Waals surface area contributed by atoms with E-state index in [1.165, 1.54) is 11.3 Å². The molecule has 0 aliphatic carbocycles. The van der Waals surface area contributed by atoms with Crippen LogP contribution in [0.25, 0.3) is 0 Å². The van der Waals surface area contributed by atoms with E-state index in [9.17, 15) is 0 Å². The van der Waals surface area contributed by atoms with E-state index in [4.69, 9.17) is 4.52 Å². The van der Waals surface area contributed by atoms with Crippen molar-refractivity contribution in [3.63, 3.8) is 0 Å². The molecular weight excluding hydrogens is 338 g/mol. The highest BCUT2D eigenvalue weighted by Gasteiger charge is 2.19. The minimum absolute atomic E-state index is 0.627. The molecule has 0 unspecified atom stereocenters. The predicted molar refractivity (Wildman–Crippen MR) is 111 cm³/mol. The molecule has 6 nitrogen and oxygen atoms in total. The van der Waals surface area contributed by atoms with Gasteiger partial charge >= 0.3 is 0 Å². The summed E-state index contributed by atoms with van der Waals surface area (Å²) in [6, 6.07) is 9.37. The Morgan fingerprint density at radius 2 is 1.85 bits per heavy atom. The number of benzene rings is 1. The lowest BCUT2D eigenvalue weighted by Crippen LogP contribution is -2.48. The molecule has 0 bridgehead atoms. The maximum absolute atomic E-state index is 5.39. The van der Waals surface area contributed by atoms with Crippen LogP contribution in [-0.4, -0.2) is 61.3 Å². The summed E-state index contributed by atoms with van der Waals surface area (Å²) < 4.78 is 5.39. The van der Waals surface area contributed by atoms with Crippen LogP contribution < -0.4 is 10.2 Å². The smallest absolute Gasteiger partial charge is 0.151 e. The van der Waals surface area contributed by atoms with E-state index in [1.54, 1.807) is 0 Å². The van der Waals surface area contributed by atoms with Crippen LogP contribution in [0.15, 0.2) is 28.8 Å². The molecule has 1 aromatic heterocycles. The Hall–Kier alpha value is -2.05. The zero-order valence-corrected chi connectivity index (χ0v) is 17.3. The largest absolute Gasteiger partial charge is 0.379 e. The summed E-state index contributed by atoms with van der Waals surface area (Å²) in [5.41, 5.74) is 4.64. The van der Waals surface area contributed by atoms with Gasteiger partial charge in [0.25, 0.3) is 0 Å². The number of piperazine rings is 1. The van der Waals surface area contributed by atoms with Gasteiger partial charge < -0.3 is 19.6 Å². The van der Waals surface area contributed by atoms with E-state index >= 15 is 0 Å². The van der Waals surface area contributed by atoms with Gasteiger partial charge in [0.05, 0.1) is 13.1 Å². The first-order valence-electron chi connectivity index (χ1n) is 9.84. The molecule has 27 heavy (non-hydrogen) atoms. The van der Waals surface area contributed by atoms with Gasteiger partial charge in [0.2, 0.25) is 0 Å². The third-order valence-corrected chi connectivity index (χ3v) is 5.03. The first-order valence-corrected chi connectivity index (χ1v) is 9.84. The first kappa shape index (κ1) is 19.7. The highest BCUT2D eigenvalue weighted by atomic mass is 16.5. The van der Waals surface area contributed by atoms with E-state index in [0.717, 1.165) is 49.9 Å². The molecule has 1 aromatic carbocycles. The van der Waals surface area contributed by atoms with Crippen LogP contribution in [0.3, 0.4) is 0 Å². The van der Waals surface area contributed by atoms with Gasteiger partial charge in [-0.15, -0.1) is 0 Å². The molecule has 3 rings (SSSR count). The second-order valence-corrected chi connectivity index (χ2v) is 8.05. The number of nitrogens with one attached hydrogen (secondary N) is 1. The summed E-state index contributed by atoms with van der Waals surface area (Å²) in [6.45, 7) is 12.6. The zero-order valence-electron chi connectivity index (χ0n) is 17.3. The van der Waals surface area contributed by atoms with Crippen molar-refractivity contribution in [1.82, 2.24) is 15.0 Å². The normalized spacial score (nSPS) is 15.7. The Labute approximate surface area is 163 Å². The topological polar surface area (TPSA) is 47.8 Å². The van der Waals surface area contributed by atoms with Crippen molar-refractivity contribution in [2.45, 2.75) is 39.9 Å². The molecule has 1 aliphatic heterocycles. The Kier molecular flexibility index (Phi) is 6.39. The van der Waals surface area contributed by atoms with Gasteiger partial charge in [-0.3, -0.25) is 4.90 Å². The van der Waals surface area contributed by atoms with Gasteiger partial charge in [0, 0.05) is 49.7 Å². The summed E-state index contributed by atoms with van der Waals surface area (Å²) in [7, 11) is 4.05. The lowest BCUT2D eigenvalue weighted by atomic mass is 10.1. The summed E-state index contributed by atoms with van der Waals surface area (Å²) in [4.78, 5) is 7.10. The Bertz CT molecular complexity index is 732. The molecular formula is C21H33N5O. The van der Waals surface area contributed by atoms with Gasteiger partial charge in [-0.25, -0.2) is 0 Å². The standard InChI is InChI=1S/C21H33N5O/c1-16(2)25-6-8-26(9-7-25)20-11-17(3)10-18(12-20)22-14-19-13-21(27-23-19)15-24(4)5/h10-13,16,22H,6-9,14-15H2,1-5H3. The molecule has 2 aromatic rings. The number of aryl methyl sites for hydroxylation is 1. The van der Waals surface area contributed by atoms with Crippen LogP contribution in [0, 0.1) is 6.92 Å². The lowest BCUT2D eigenvalue weighted by Gasteiger charge is -2.38. The van der Waals surface area contributed by atoms with Crippen molar-refractivity contribution >= 4 is 11.4 Å². The SMILES string of the molecule is Cc1cc(NCc2cc(CN(C)C)on2)cc(N2CCN(C(C)C)CC2)c1. The fraction of sp³-hybridized carbons (Fsp3) is 0.571. The molecule has 1 N–H and O–H groups in total. The quantitative estimate of drug-likeness (QED) is 0.807. The van der Waals surface area contributed by atoms with E-state index in [0.29, 0.717) is 12.6 Å². The second-order valence-electron chi connectivity index (χ2n) is 8.05.